The van der Waals surface area contributed by atoms with Crippen LogP contribution in [0.25, 0.3) is 0 Å². The number of hydrogen-bond acceptors (Lipinski definition) is 2. The summed E-state index contributed by atoms with van der Waals surface area (Å²) in [6.07, 6.45) is -1.08. The molecule has 3 N–H and O–H groups in total. The van der Waals surface area contributed by atoms with Crippen molar-refractivity contribution in [2.45, 2.75) is 32.5 Å². The molecule has 0 heterocycles. The normalized spacial score (nSPS) is 13.8. The molecule has 0 bridgehead atoms. The summed E-state index contributed by atoms with van der Waals surface area (Å²) < 4.78 is 19.0. The van der Waals surface area contributed by atoms with Gasteiger partial charge < -0.3 is 15.8 Å². The summed E-state index contributed by atoms with van der Waals surface area (Å²) in [4.78, 5) is 0. The first kappa shape index (κ1) is 13.7. The minimum atomic E-state index is -0.993. The molecule has 0 saturated carbocycles. The largest absolute Gasteiger partial charge is 0.486 e. The standard InChI is InChI=1S/C12H17FN2OS/c1-3-9(13)8(2)16-11-7-5-4-6-10(11)15-12(14)17/h4-9H,3H2,1-2H3,(H3,14,15,17). The van der Waals surface area contributed by atoms with Crippen molar-refractivity contribution in [1.29, 1.82) is 0 Å². The number of hydrogen-bond donors (Lipinski definition) is 2. The second-order valence-corrected chi connectivity index (χ2v) is 4.17. The second kappa shape index (κ2) is 6.39. The van der Waals surface area contributed by atoms with E-state index in [1.165, 1.54) is 0 Å². The van der Waals surface area contributed by atoms with Crippen molar-refractivity contribution in [3.63, 3.8) is 0 Å². The first-order valence-electron chi connectivity index (χ1n) is 5.50. The van der Waals surface area contributed by atoms with Crippen LogP contribution in [-0.2, 0) is 0 Å². The zero-order valence-electron chi connectivity index (χ0n) is 9.94. The van der Waals surface area contributed by atoms with Crippen molar-refractivity contribution in [2.24, 2.45) is 5.73 Å². The van der Waals surface area contributed by atoms with Crippen LogP contribution in [0.4, 0.5) is 10.1 Å². The van der Waals surface area contributed by atoms with E-state index in [-0.39, 0.29) is 5.11 Å². The molecule has 0 aliphatic carbocycles. The van der Waals surface area contributed by atoms with Crippen LogP contribution in [0.15, 0.2) is 24.3 Å². The molecule has 5 heteroatoms. The minimum Gasteiger partial charge on any atom is -0.486 e. The Balaban J connectivity index is 2.79. The molecule has 0 aliphatic heterocycles. The molecule has 3 nitrogen and oxygen atoms in total. The van der Waals surface area contributed by atoms with Gasteiger partial charge in [0, 0.05) is 0 Å². The van der Waals surface area contributed by atoms with Crippen LogP contribution in [-0.4, -0.2) is 17.4 Å². The summed E-state index contributed by atoms with van der Waals surface area (Å²) >= 11 is 4.76. The van der Waals surface area contributed by atoms with Crippen molar-refractivity contribution in [3.8, 4) is 5.75 Å². The van der Waals surface area contributed by atoms with Gasteiger partial charge in [0.25, 0.3) is 0 Å². The summed E-state index contributed by atoms with van der Waals surface area (Å²) in [7, 11) is 0. The number of halogens is 1. The first-order valence-corrected chi connectivity index (χ1v) is 5.91. The molecule has 1 rings (SSSR count). The zero-order valence-corrected chi connectivity index (χ0v) is 10.8. The number of nitrogens with two attached hydrogens (primary N) is 1. The predicted molar refractivity (Wildman–Crippen MR) is 72.1 cm³/mol. The van der Waals surface area contributed by atoms with E-state index < -0.39 is 12.3 Å². The number of benzene rings is 1. The third kappa shape index (κ3) is 4.19. The molecule has 0 radical (unpaired) electrons. The summed E-state index contributed by atoms with van der Waals surface area (Å²) in [5.74, 6) is 0.545. The van der Waals surface area contributed by atoms with Gasteiger partial charge in [-0.2, -0.15) is 0 Å². The minimum absolute atomic E-state index is 0.154. The third-order valence-electron chi connectivity index (χ3n) is 2.36. The van der Waals surface area contributed by atoms with Gasteiger partial charge in [-0.15, -0.1) is 0 Å². The average molecular weight is 256 g/mol. The molecule has 0 saturated heterocycles. The lowest BCUT2D eigenvalue weighted by atomic mass is 10.2. The molecular formula is C12H17FN2OS. The van der Waals surface area contributed by atoms with Crippen LogP contribution >= 0.6 is 12.2 Å². The highest BCUT2D eigenvalue weighted by Gasteiger charge is 2.17. The Kier molecular flexibility index (Phi) is 5.15. The van der Waals surface area contributed by atoms with Crippen LogP contribution in [0.3, 0.4) is 0 Å². The van der Waals surface area contributed by atoms with Gasteiger partial charge >= 0.3 is 0 Å². The van der Waals surface area contributed by atoms with Gasteiger partial charge in [-0.3, -0.25) is 0 Å². The van der Waals surface area contributed by atoms with E-state index in [9.17, 15) is 4.39 Å². The lowest BCUT2D eigenvalue weighted by Crippen LogP contribution is -2.25. The fourth-order valence-electron chi connectivity index (χ4n) is 1.41. The molecule has 0 spiro atoms. The van der Waals surface area contributed by atoms with Crippen molar-refractivity contribution in [1.82, 2.24) is 0 Å². The fraction of sp³-hybridized carbons (Fsp3) is 0.417. The summed E-state index contributed by atoms with van der Waals surface area (Å²) in [6.45, 7) is 3.48. The molecule has 94 valence electrons. The Morgan fingerprint density at radius 1 is 1.53 bits per heavy atom. The summed E-state index contributed by atoms with van der Waals surface area (Å²) in [5, 5.41) is 2.95. The SMILES string of the molecule is CCC(F)C(C)Oc1ccccc1NC(N)=S. The van der Waals surface area contributed by atoms with E-state index in [4.69, 9.17) is 22.7 Å². The monoisotopic (exact) mass is 256 g/mol. The van der Waals surface area contributed by atoms with Crippen LogP contribution in [0.5, 0.6) is 5.75 Å². The molecule has 0 fully saturated rings. The number of alkyl halides is 1. The van der Waals surface area contributed by atoms with Crippen LogP contribution < -0.4 is 15.8 Å². The molecule has 0 aromatic heterocycles. The van der Waals surface area contributed by atoms with E-state index >= 15 is 0 Å². The van der Waals surface area contributed by atoms with Crippen LogP contribution in [0.2, 0.25) is 0 Å². The molecule has 1 aromatic carbocycles. The van der Waals surface area contributed by atoms with Gasteiger partial charge in [0.1, 0.15) is 18.0 Å². The van der Waals surface area contributed by atoms with Gasteiger partial charge in [0.2, 0.25) is 0 Å². The van der Waals surface area contributed by atoms with Gasteiger partial charge in [-0.25, -0.2) is 4.39 Å². The van der Waals surface area contributed by atoms with Crippen molar-refractivity contribution < 1.29 is 9.13 Å². The Hall–Kier alpha value is -1.36. The van der Waals surface area contributed by atoms with Gasteiger partial charge in [-0.1, -0.05) is 19.1 Å². The van der Waals surface area contributed by atoms with E-state index in [1.807, 2.05) is 12.1 Å². The number of rotatable bonds is 5. The lowest BCUT2D eigenvalue weighted by Gasteiger charge is -2.19. The average Bonchev–Trinajstić information content (AvgIpc) is 2.29. The Morgan fingerprint density at radius 2 is 2.18 bits per heavy atom. The number of thiocarbonyl (C=S) groups is 1. The lowest BCUT2D eigenvalue weighted by molar-refractivity contribution is 0.112. The molecule has 1 aromatic rings. The Bertz CT molecular complexity index is 387. The Labute approximate surface area is 106 Å². The van der Waals surface area contributed by atoms with Gasteiger partial charge in [0.15, 0.2) is 5.11 Å². The summed E-state index contributed by atoms with van der Waals surface area (Å²) in [6, 6.07) is 7.16. The summed E-state index contributed by atoms with van der Waals surface area (Å²) in [5.41, 5.74) is 6.05. The van der Waals surface area contributed by atoms with Crippen molar-refractivity contribution in [2.75, 3.05) is 5.32 Å². The predicted octanol–water partition coefficient (Wildman–Crippen LogP) is 2.86. The highest BCUT2D eigenvalue weighted by Crippen LogP contribution is 2.25. The maximum atomic E-state index is 13.4. The number of nitrogens with one attached hydrogen (secondary N) is 1. The molecule has 2 atom stereocenters. The van der Waals surface area contributed by atoms with Gasteiger partial charge in [0.05, 0.1) is 5.69 Å². The third-order valence-corrected chi connectivity index (χ3v) is 2.46. The highest BCUT2D eigenvalue weighted by atomic mass is 32.1. The zero-order chi connectivity index (χ0) is 12.8. The molecule has 17 heavy (non-hydrogen) atoms. The quantitative estimate of drug-likeness (QED) is 0.795. The van der Waals surface area contributed by atoms with E-state index in [1.54, 1.807) is 26.0 Å². The number of ether oxygens (including phenoxy) is 1. The number of anilines is 1. The highest BCUT2D eigenvalue weighted by molar-refractivity contribution is 7.80. The molecule has 2 unspecified atom stereocenters. The van der Waals surface area contributed by atoms with Crippen molar-refractivity contribution >= 4 is 23.0 Å². The van der Waals surface area contributed by atoms with Gasteiger partial charge in [-0.05, 0) is 37.7 Å². The molecule has 0 amide bonds. The van der Waals surface area contributed by atoms with Crippen molar-refractivity contribution in [3.05, 3.63) is 24.3 Å². The van der Waals surface area contributed by atoms with Crippen LogP contribution in [0, 0.1) is 0 Å². The molecule has 0 aliphatic rings. The van der Waals surface area contributed by atoms with E-state index in [2.05, 4.69) is 5.32 Å². The maximum Gasteiger partial charge on any atom is 0.168 e. The molecular weight excluding hydrogens is 239 g/mol. The van der Waals surface area contributed by atoms with E-state index in [0.29, 0.717) is 17.9 Å². The second-order valence-electron chi connectivity index (χ2n) is 3.73. The topological polar surface area (TPSA) is 47.3 Å². The van der Waals surface area contributed by atoms with Crippen LogP contribution in [0.1, 0.15) is 20.3 Å². The first-order chi connectivity index (χ1) is 8.04. The van der Waals surface area contributed by atoms with E-state index in [0.717, 1.165) is 0 Å². The smallest absolute Gasteiger partial charge is 0.168 e. The Morgan fingerprint density at radius 3 is 2.76 bits per heavy atom. The maximum absolute atomic E-state index is 13.4. The number of para-hydroxylation sites is 2. The fourth-order valence-corrected chi connectivity index (χ4v) is 1.52.